The van der Waals surface area contributed by atoms with E-state index < -0.39 is 11.6 Å². The minimum absolute atomic E-state index is 0. The Labute approximate surface area is 226 Å². The quantitative estimate of drug-likeness (QED) is 0.246. The Balaban J connectivity index is 0.000000185. The van der Waals surface area contributed by atoms with Gasteiger partial charge in [0.05, 0.1) is 17.4 Å². The highest BCUT2D eigenvalue weighted by atomic mass is 127. The molecule has 3 aromatic heterocycles. The van der Waals surface area contributed by atoms with Gasteiger partial charge in [-0.3, -0.25) is 4.68 Å². The Morgan fingerprint density at radius 1 is 0.944 bits per heavy atom. The predicted molar refractivity (Wildman–Crippen MR) is 145 cm³/mol. The maximum atomic E-state index is 13.9. The summed E-state index contributed by atoms with van der Waals surface area (Å²) in [6.45, 7) is 5.63. The number of halogens is 3. The first-order chi connectivity index (χ1) is 17.0. The van der Waals surface area contributed by atoms with Crippen LogP contribution in [-0.2, 0) is 4.74 Å². The maximum absolute atomic E-state index is 13.9. The van der Waals surface area contributed by atoms with Gasteiger partial charge in [-0.25, -0.2) is 28.7 Å². The van der Waals surface area contributed by atoms with Gasteiger partial charge in [-0.05, 0) is 70.6 Å². The van der Waals surface area contributed by atoms with Crippen molar-refractivity contribution in [2.24, 2.45) is 0 Å². The number of rotatable bonds is 2. The van der Waals surface area contributed by atoms with E-state index in [2.05, 4.69) is 29.7 Å². The number of hydrogen-bond donors (Lipinski definition) is 0. The Hall–Kier alpha value is -2.60. The van der Waals surface area contributed by atoms with Crippen molar-refractivity contribution in [2.45, 2.75) is 58.4 Å². The Bertz CT molecular complexity index is 1240. The maximum Gasteiger partial charge on any atom is 0.182 e. The van der Waals surface area contributed by atoms with Crippen molar-refractivity contribution in [1.29, 1.82) is 0 Å². The highest BCUT2D eigenvalue weighted by Crippen LogP contribution is 2.30. The van der Waals surface area contributed by atoms with Crippen LogP contribution in [0.25, 0.3) is 22.4 Å². The average molecular weight is 608 g/mol. The van der Waals surface area contributed by atoms with Crippen molar-refractivity contribution in [1.82, 2.24) is 29.7 Å². The molecular weight excluding hydrogens is 577 g/mol. The Morgan fingerprint density at radius 3 is 2.25 bits per heavy atom. The number of fused-ring (bicyclic) bond motifs is 1. The van der Waals surface area contributed by atoms with E-state index in [0.29, 0.717) is 16.9 Å². The molecule has 0 N–H and O–H groups in total. The summed E-state index contributed by atoms with van der Waals surface area (Å²) >= 11 is 0. The zero-order chi connectivity index (χ0) is 24.6. The van der Waals surface area contributed by atoms with Crippen LogP contribution in [0.5, 0.6) is 0 Å². The lowest BCUT2D eigenvalue weighted by Gasteiger charge is -2.25. The van der Waals surface area contributed by atoms with Crippen LogP contribution in [0.15, 0.2) is 43.0 Å². The molecule has 0 atom stereocenters. The van der Waals surface area contributed by atoms with Crippen LogP contribution in [0, 0.1) is 25.5 Å². The lowest BCUT2D eigenvalue weighted by molar-refractivity contribution is 0.0968. The first-order valence-corrected chi connectivity index (χ1v) is 12.0. The molecule has 1 aliphatic carbocycles. The fraction of sp³-hybridized carbons (Fsp3) is 0.423. The third-order valence-corrected chi connectivity index (χ3v) is 6.12. The molecule has 4 heterocycles. The van der Waals surface area contributed by atoms with E-state index in [1.54, 1.807) is 6.92 Å². The van der Waals surface area contributed by atoms with E-state index in [1.165, 1.54) is 57.0 Å². The molecule has 1 aromatic carbocycles. The molecule has 2 fully saturated rings. The summed E-state index contributed by atoms with van der Waals surface area (Å²) in [7, 11) is 0. The van der Waals surface area contributed by atoms with Gasteiger partial charge in [0.1, 0.15) is 29.2 Å². The highest BCUT2D eigenvalue weighted by Gasteiger charge is 2.18. The van der Waals surface area contributed by atoms with Crippen LogP contribution in [0.2, 0.25) is 0 Å². The minimum Gasteiger partial charge on any atom is -0.381 e. The summed E-state index contributed by atoms with van der Waals surface area (Å²) in [5, 5.41) is 4.15. The molecule has 36 heavy (non-hydrogen) atoms. The van der Waals surface area contributed by atoms with Crippen molar-refractivity contribution >= 4 is 35.1 Å². The normalized spacial score (nSPS) is 15.0. The van der Waals surface area contributed by atoms with Gasteiger partial charge >= 0.3 is 0 Å². The van der Waals surface area contributed by atoms with Crippen LogP contribution in [0.4, 0.5) is 8.78 Å². The van der Waals surface area contributed by atoms with Crippen molar-refractivity contribution in [3.63, 3.8) is 0 Å². The largest absolute Gasteiger partial charge is 0.381 e. The molecular formula is C26H31F2IN6O. The molecule has 0 radical (unpaired) electrons. The van der Waals surface area contributed by atoms with Crippen LogP contribution in [0.3, 0.4) is 0 Å². The van der Waals surface area contributed by atoms with Crippen LogP contribution in [-0.4, -0.2) is 42.9 Å². The molecule has 0 bridgehead atoms. The van der Waals surface area contributed by atoms with Gasteiger partial charge < -0.3 is 4.74 Å². The smallest absolute Gasteiger partial charge is 0.182 e. The fourth-order valence-corrected chi connectivity index (χ4v) is 3.76. The number of benzene rings is 1. The molecule has 0 amide bonds. The topological polar surface area (TPSA) is 78.6 Å². The molecule has 2 aliphatic rings. The van der Waals surface area contributed by atoms with Crippen molar-refractivity contribution in [3.05, 3.63) is 66.0 Å². The standard InChI is InChI=1S/C14H10F2N4.C7H10N2.C5H10O.HI/c1-7-8(2)20-14-13(19-7)12(17-6-18-14)10-4-3-9(15)5-11(10)16;1-3-7(4-1)9-6-2-5-8-9;1-2-4-6-5-3-1;/h3-6H,1-2H3;2,5-7H,1,3-4H2;1-5H2;1H. The van der Waals surface area contributed by atoms with Gasteiger partial charge in [0.15, 0.2) is 5.65 Å². The predicted octanol–water partition coefficient (Wildman–Crippen LogP) is 6.39. The van der Waals surface area contributed by atoms with Crippen LogP contribution < -0.4 is 0 Å². The van der Waals surface area contributed by atoms with Gasteiger partial charge in [0.2, 0.25) is 0 Å². The second kappa shape index (κ2) is 13.6. The highest BCUT2D eigenvalue weighted by molar-refractivity contribution is 14.0. The van der Waals surface area contributed by atoms with Gasteiger partial charge in [-0.2, -0.15) is 5.10 Å². The zero-order valence-electron chi connectivity index (χ0n) is 20.5. The van der Waals surface area contributed by atoms with Crippen molar-refractivity contribution in [3.8, 4) is 11.3 Å². The third-order valence-electron chi connectivity index (χ3n) is 6.12. The number of hydrogen-bond acceptors (Lipinski definition) is 6. The lowest BCUT2D eigenvalue weighted by Crippen LogP contribution is -2.16. The monoisotopic (exact) mass is 608 g/mol. The Kier molecular flexibility index (Phi) is 10.6. The summed E-state index contributed by atoms with van der Waals surface area (Å²) in [6.07, 6.45) is 13.1. The van der Waals surface area contributed by atoms with Crippen LogP contribution in [0.1, 0.15) is 56.0 Å². The van der Waals surface area contributed by atoms with Gasteiger partial charge in [0, 0.05) is 37.2 Å². The first kappa shape index (κ1) is 28.0. The second-order valence-corrected chi connectivity index (χ2v) is 8.66. The molecule has 4 aromatic rings. The van der Waals surface area contributed by atoms with Gasteiger partial charge in [0.25, 0.3) is 0 Å². The molecule has 1 aliphatic heterocycles. The summed E-state index contributed by atoms with van der Waals surface area (Å²) in [4.78, 5) is 16.8. The Morgan fingerprint density at radius 2 is 1.69 bits per heavy atom. The molecule has 7 nitrogen and oxygen atoms in total. The van der Waals surface area contributed by atoms with E-state index in [1.807, 2.05) is 25.4 Å². The molecule has 6 rings (SSSR count). The molecule has 10 heteroatoms. The van der Waals surface area contributed by atoms with E-state index in [0.717, 1.165) is 36.7 Å². The third kappa shape index (κ3) is 7.22. The van der Waals surface area contributed by atoms with Gasteiger partial charge in [-0.15, -0.1) is 24.0 Å². The molecule has 0 spiro atoms. The second-order valence-electron chi connectivity index (χ2n) is 8.66. The number of aryl methyl sites for hydroxylation is 2. The molecule has 0 unspecified atom stereocenters. The van der Waals surface area contributed by atoms with E-state index in [-0.39, 0.29) is 29.5 Å². The molecule has 1 saturated heterocycles. The summed E-state index contributed by atoms with van der Waals surface area (Å²) in [6, 6.07) is 6.04. The zero-order valence-corrected chi connectivity index (χ0v) is 22.9. The van der Waals surface area contributed by atoms with Crippen molar-refractivity contribution < 1.29 is 13.5 Å². The number of ether oxygens (including phenoxy) is 1. The SMILES string of the molecule is C1CCOCC1.Cc1nc2ncnc(-c3ccc(F)cc3F)c2nc1C.I.c1cnn(C2CCC2)c1. The summed E-state index contributed by atoms with van der Waals surface area (Å²) in [5.74, 6) is -1.33. The summed E-state index contributed by atoms with van der Waals surface area (Å²) < 4.78 is 34.0. The number of aromatic nitrogens is 6. The first-order valence-electron chi connectivity index (χ1n) is 12.0. The van der Waals surface area contributed by atoms with Crippen molar-refractivity contribution in [2.75, 3.05) is 13.2 Å². The lowest BCUT2D eigenvalue weighted by atomic mass is 9.93. The van der Waals surface area contributed by atoms with E-state index in [4.69, 9.17) is 4.74 Å². The average Bonchev–Trinajstić information content (AvgIpc) is 3.35. The van der Waals surface area contributed by atoms with E-state index >= 15 is 0 Å². The fourth-order valence-electron chi connectivity index (χ4n) is 3.76. The van der Waals surface area contributed by atoms with Crippen LogP contribution >= 0.6 is 24.0 Å². The molecule has 1 saturated carbocycles. The minimum atomic E-state index is -0.690. The summed E-state index contributed by atoms with van der Waals surface area (Å²) in [5.41, 5.74) is 2.75. The van der Waals surface area contributed by atoms with Gasteiger partial charge in [-0.1, -0.05) is 0 Å². The molecule has 192 valence electrons. The van der Waals surface area contributed by atoms with E-state index in [9.17, 15) is 8.78 Å². The number of nitrogens with zero attached hydrogens (tertiary/aromatic N) is 6.